The number of carbonyl (C=O) groups is 1. The Morgan fingerprint density at radius 3 is 2.67 bits per heavy atom. The second-order valence-corrected chi connectivity index (χ2v) is 2.45. The van der Waals surface area contributed by atoms with Gasteiger partial charge in [-0.2, -0.15) is 0 Å². The van der Waals surface area contributed by atoms with Gasteiger partial charge < -0.3 is 5.11 Å². The van der Waals surface area contributed by atoms with Gasteiger partial charge in [-0.05, 0) is 24.6 Å². The number of carboxylic acid groups (broad SMARTS) is 1. The van der Waals surface area contributed by atoms with Crippen molar-refractivity contribution >= 4 is 11.7 Å². The topological polar surface area (TPSA) is 69.6 Å². The van der Waals surface area contributed by atoms with Gasteiger partial charge in [0.25, 0.3) is 0 Å². The molecule has 4 nitrogen and oxygen atoms in total. The number of hydrogen-bond acceptors (Lipinski definition) is 3. The maximum Gasteiger partial charge on any atom is 0.336 e. The molecule has 0 spiro atoms. The molecule has 3 N–H and O–H groups in total. The number of hydrogen-bond donors (Lipinski definition) is 3. The molecule has 1 aromatic rings. The van der Waals surface area contributed by atoms with Crippen molar-refractivity contribution in [1.29, 1.82) is 0 Å². The van der Waals surface area contributed by atoms with Gasteiger partial charge in [-0.1, -0.05) is 6.07 Å². The minimum Gasteiger partial charge on any atom is -0.478 e. The van der Waals surface area contributed by atoms with Crippen molar-refractivity contribution in [3.63, 3.8) is 0 Å². The summed E-state index contributed by atoms with van der Waals surface area (Å²) in [5.74, 6) is -0.996. The van der Waals surface area contributed by atoms with Crippen LogP contribution >= 0.6 is 0 Å². The van der Waals surface area contributed by atoms with Gasteiger partial charge in [0.1, 0.15) is 0 Å². The molecule has 0 radical (unpaired) electrons. The van der Waals surface area contributed by atoms with Gasteiger partial charge in [-0.25, -0.2) is 4.79 Å². The van der Waals surface area contributed by atoms with Crippen LogP contribution in [0.25, 0.3) is 0 Å². The van der Waals surface area contributed by atoms with Gasteiger partial charge in [-0.15, -0.1) is 0 Å². The van der Waals surface area contributed by atoms with E-state index in [1.807, 2.05) is 5.48 Å². The molecule has 0 heterocycles. The molecule has 12 heavy (non-hydrogen) atoms. The molecule has 0 aliphatic heterocycles. The number of carboxylic acids is 1. The first kappa shape index (κ1) is 8.55. The molecule has 1 aromatic carbocycles. The molecule has 64 valence electrons. The predicted octanol–water partition coefficient (Wildman–Crippen LogP) is 1.49. The van der Waals surface area contributed by atoms with Gasteiger partial charge in [0.2, 0.25) is 0 Å². The highest BCUT2D eigenvalue weighted by molar-refractivity contribution is 5.90. The van der Waals surface area contributed by atoms with E-state index < -0.39 is 5.97 Å². The molecule has 1 rings (SSSR count). The van der Waals surface area contributed by atoms with Crippen LogP contribution in [0.2, 0.25) is 0 Å². The standard InChI is InChI=1S/C8H9NO3/c1-5-2-3-6(9-12)4-7(5)8(10)11/h2-4,9,12H,1H3,(H,10,11). The zero-order chi connectivity index (χ0) is 9.14. The second-order valence-electron chi connectivity index (χ2n) is 2.45. The van der Waals surface area contributed by atoms with Crippen molar-refractivity contribution in [2.24, 2.45) is 0 Å². The van der Waals surface area contributed by atoms with Crippen molar-refractivity contribution in [1.82, 2.24) is 0 Å². The Hall–Kier alpha value is -1.55. The van der Waals surface area contributed by atoms with Crippen LogP contribution in [0.1, 0.15) is 15.9 Å². The summed E-state index contributed by atoms with van der Waals surface area (Å²) in [5.41, 5.74) is 3.12. The Morgan fingerprint density at radius 2 is 2.17 bits per heavy atom. The molecule has 0 unspecified atom stereocenters. The molecular formula is C8H9NO3. The number of aromatic carboxylic acids is 1. The molecule has 0 fully saturated rings. The molecule has 0 bridgehead atoms. The Bertz CT molecular complexity index is 309. The van der Waals surface area contributed by atoms with E-state index in [4.69, 9.17) is 10.3 Å². The Balaban J connectivity index is 3.17. The summed E-state index contributed by atoms with van der Waals surface area (Å²) >= 11 is 0. The van der Waals surface area contributed by atoms with E-state index >= 15 is 0 Å². The summed E-state index contributed by atoms with van der Waals surface area (Å²) < 4.78 is 0. The van der Waals surface area contributed by atoms with Gasteiger partial charge in [-0.3, -0.25) is 10.7 Å². The molecule has 4 heteroatoms. The SMILES string of the molecule is Cc1ccc(NO)cc1C(=O)O. The van der Waals surface area contributed by atoms with Crippen LogP contribution in [-0.2, 0) is 0 Å². The van der Waals surface area contributed by atoms with Crippen molar-refractivity contribution < 1.29 is 15.1 Å². The summed E-state index contributed by atoms with van der Waals surface area (Å²) in [6, 6.07) is 4.60. The smallest absolute Gasteiger partial charge is 0.336 e. The molecule has 0 atom stereocenters. The van der Waals surface area contributed by atoms with E-state index in [2.05, 4.69) is 0 Å². The van der Waals surface area contributed by atoms with Gasteiger partial charge in [0.15, 0.2) is 0 Å². The van der Waals surface area contributed by atoms with E-state index in [0.29, 0.717) is 11.3 Å². The maximum atomic E-state index is 10.6. The highest BCUT2D eigenvalue weighted by Gasteiger charge is 2.06. The van der Waals surface area contributed by atoms with Crippen LogP contribution in [0.15, 0.2) is 18.2 Å². The van der Waals surface area contributed by atoms with Gasteiger partial charge in [0.05, 0.1) is 11.3 Å². The highest BCUT2D eigenvalue weighted by Crippen LogP contribution is 2.14. The molecule has 0 aliphatic carbocycles. The predicted molar refractivity (Wildman–Crippen MR) is 43.5 cm³/mol. The highest BCUT2D eigenvalue weighted by atomic mass is 16.5. The van der Waals surface area contributed by atoms with E-state index in [1.54, 1.807) is 19.1 Å². The monoisotopic (exact) mass is 167 g/mol. The fourth-order valence-electron chi connectivity index (χ4n) is 0.922. The zero-order valence-electron chi connectivity index (χ0n) is 6.53. The zero-order valence-corrected chi connectivity index (χ0v) is 6.53. The molecule has 0 aliphatic rings. The average Bonchev–Trinajstić information content (AvgIpc) is 2.05. The summed E-state index contributed by atoms with van der Waals surface area (Å²) in [7, 11) is 0. The van der Waals surface area contributed by atoms with Crippen LogP contribution in [0.5, 0.6) is 0 Å². The van der Waals surface area contributed by atoms with Crippen LogP contribution in [-0.4, -0.2) is 16.3 Å². The summed E-state index contributed by atoms with van der Waals surface area (Å²) in [6.45, 7) is 1.70. The maximum absolute atomic E-state index is 10.6. The Labute approximate surface area is 69.4 Å². The molecule has 0 saturated heterocycles. The number of anilines is 1. The van der Waals surface area contributed by atoms with E-state index in [1.165, 1.54) is 6.07 Å². The van der Waals surface area contributed by atoms with Crippen LogP contribution in [0.4, 0.5) is 5.69 Å². The summed E-state index contributed by atoms with van der Waals surface area (Å²) in [4.78, 5) is 10.6. The van der Waals surface area contributed by atoms with Crippen molar-refractivity contribution in [3.05, 3.63) is 29.3 Å². The number of nitrogens with one attached hydrogen (secondary N) is 1. The van der Waals surface area contributed by atoms with Gasteiger partial charge in [0, 0.05) is 0 Å². The lowest BCUT2D eigenvalue weighted by molar-refractivity contribution is 0.0696. The van der Waals surface area contributed by atoms with E-state index in [9.17, 15) is 4.79 Å². The lowest BCUT2D eigenvalue weighted by Gasteiger charge is -2.02. The summed E-state index contributed by atoms with van der Waals surface area (Å²) in [5, 5.41) is 17.2. The third-order valence-electron chi connectivity index (χ3n) is 1.60. The Morgan fingerprint density at radius 1 is 1.50 bits per heavy atom. The number of aryl methyl sites for hydroxylation is 1. The fourth-order valence-corrected chi connectivity index (χ4v) is 0.922. The molecule has 0 amide bonds. The molecular weight excluding hydrogens is 158 g/mol. The lowest BCUT2D eigenvalue weighted by atomic mass is 10.1. The Kier molecular flexibility index (Phi) is 2.30. The minimum atomic E-state index is -0.996. The minimum absolute atomic E-state index is 0.189. The van der Waals surface area contributed by atoms with E-state index in [-0.39, 0.29) is 5.56 Å². The van der Waals surface area contributed by atoms with Crippen molar-refractivity contribution in [2.45, 2.75) is 6.92 Å². The average molecular weight is 167 g/mol. The first-order chi connectivity index (χ1) is 5.65. The van der Waals surface area contributed by atoms with Crippen molar-refractivity contribution in [2.75, 3.05) is 5.48 Å². The van der Waals surface area contributed by atoms with Crippen LogP contribution < -0.4 is 5.48 Å². The normalized spacial score (nSPS) is 9.50. The molecule has 0 saturated carbocycles. The molecule has 0 aromatic heterocycles. The van der Waals surface area contributed by atoms with E-state index in [0.717, 1.165) is 0 Å². The third kappa shape index (κ3) is 1.54. The van der Waals surface area contributed by atoms with Crippen LogP contribution in [0.3, 0.4) is 0 Å². The fraction of sp³-hybridized carbons (Fsp3) is 0.125. The quantitative estimate of drug-likeness (QED) is 0.584. The van der Waals surface area contributed by atoms with Gasteiger partial charge >= 0.3 is 5.97 Å². The summed E-state index contributed by atoms with van der Waals surface area (Å²) in [6.07, 6.45) is 0. The first-order valence-electron chi connectivity index (χ1n) is 3.39. The largest absolute Gasteiger partial charge is 0.478 e. The van der Waals surface area contributed by atoms with Crippen LogP contribution in [0, 0.1) is 6.92 Å². The number of rotatable bonds is 2. The lowest BCUT2D eigenvalue weighted by Crippen LogP contribution is -2.01. The second kappa shape index (κ2) is 3.23. The number of benzene rings is 1. The first-order valence-corrected chi connectivity index (χ1v) is 3.39. The van der Waals surface area contributed by atoms with Crippen molar-refractivity contribution in [3.8, 4) is 0 Å². The third-order valence-corrected chi connectivity index (χ3v) is 1.60.